The minimum absolute atomic E-state index is 0.0961. The van der Waals surface area contributed by atoms with Gasteiger partial charge in [-0.2, -0.15) is 15.4 Å². The van der Waals surface area contributed by atoms with Gasteiger partial charge in [-0.05, 0) is 37.1 Å². The van der Waals surface area contributed by atoms with Crippen LogP contribution in [0.3, 0.4) is 0 Å². The number of nitrogens with one attached hydrogen (secondary N) is 1. The lowest BCUT2D eigenvalue weighted by molar-refractivity contribution is -0.146. The molecular weight excluding hydrogens is 567 g/mol. The zero-order valence-electron chi connectivity index (χ0n) is 23.5. The van der Waals surface area contributed by atoms with Crippen molar-refractivity contribution in [2.24, 2.45) is 5.92 Å². The average molecular weight is 603 g/mol. The fourth-order valence-corrected chi connectivity index (χ4v) is 6.07. The lowest BCUT2D eigenvalue weighted by atomic mass is 9.92. The maximum absolute atomic E-state index is 13.9. The molecule has 0 saturated carbocycles. The van der Waals surface area contributed by atoms with E-state index in [2.05, 4.69) is 15.2 Å². The van der Waals surface area contributed by atoms with Crippen molar-refractivity contribution in [2.75, 3.05) is 18.9 Å². The summed E-state index contributed by atoms with van der Waals surface area (Å²) < 4.78 is 37.8. The Hall–Kier alpha value is -3.57. The molecular formula is C27H35N6O8P. The van der Waals surface area contributed by atoms with Crippen molar-refractivity contribution in [3.8, 4) is 11.8 Å². The minimum atomic E-state index is -4.32. The molecule has 2 aromatic heterocycles. The smallest absolute Gasteiger partial charge is 0.459 e. The summed E-state index contributed by atoms with van der Waals surface area (Å²) in [5.74, 6) is -0.143. The van der Waals surface area contributed by atoms with Gasteiger partial charge >= 0.3 is 13.7 Å². The summed E-state index contributed by atoms with van der Waals surface area (Å²) in [7, 11) is -4.32. The number of hydrogen-bond acceptors (Lipinski definition) is 12. The zero-order chi connectivity index (χ0) is 30.5. The number of rotatable bonds is 13. The fourth-order valence-electron chi connectivity index (χ4n) is 4.57. The summed E-state index contributed by atoms with van der Waals surface area (Å²) >= 11 is 0. The van der Waals surface area contributed by atoms with Gasteiger partial charge in [-0.3, -0.25) is 9.32 Å². The van der Waals surface area contributed by atoms with E-state index in [0.717, 1.165) is 12.8 Å². The largest absolute Gasteiger partial charge is 0.464 e. The Balaban J connectivity index is 1.53. The molecule has 4 rings (SSSR count). The third-order valence-corrected chi connectivity index (χ3v) is 8.83. The number of anilines is 1. The maximum Gasteiger partial charge on any atom is 0.459 e. The number of carbonyl (C=O) groups excluding carboxylic acids is 1. The molecule has 6 atom stereocenters. The second kappa shape index (κ2) is 13.2. The van der Waals surface area contributed by atoms with E-state index in [1.54, 1.807) is 36.4 Å². The van der Waals surface area contributed by atoms with E-state index in [0.29, 0.717) is 5.52 Å². The number of aromatic nitrogens is 3. The van der Waals surface area contributed by atoms with Crippen molar-refractivity contribution < 1.29 is 38.1 Å². The van der Waals surface area contributed by atoms with Crippen molar-refractivity contribution in [2.45, 2.75) is 63.6 Å². The molecule has 0 bridgehead atoms. The van der Waals surface area contributed by atoms with Crippen LogP contribution in [0.4, 0.5) is 5.82 Å². The van der Waals surface area contributed by atoms with Crippen molar-refractivity contribution >= 4 is 25.1 Å². The van der Waals surface area contributed by atoms with Gasteiger partial charge in [-0.25, -0.2) is 14.1 Å². The van der Waals surface area contributed by atoms with E-state index in [4.69, 9.17) is 24.3 Å². The highest BCUT2D eigenvalue weighted by Gasteiger charge is 2.58. The Labute approximate surface area is 242 Å². The topological polar surface area (TPSA) is 204 Å². The van der Waals surface area contributed by atoms with Crippen molar-refractivity contribution in [1.82, 2.24) is 19.7 Å². The van der Waals surface area contributed by atoms with Gasteiger partial charge in [-0.15, -0.1) is 0 Å². The van der Waals surface area contributed by atoms with Crippen LogP contribution in [0, 0.1) is 17.2 Å². The molecule has 0 amide bonds. The Bertz CT molecular complexity index is 1460. The number of ether oxygens (including phenoxy) is 2. The zero-order valence-corrected chi connectivity index (χ0v) is 24.4. The average Bonchev–Trinajstić information content (AvgIpc) is 3.53. The van der Waals surface area contributed by atoms with Crippen molar-refractivity contribution in [1.29, 1.82) is 5.26 Å². The van der Waals surface area contributed by atoms with Gasteiger partial charge in [0.05, 0.1) is 18.9 Å². The fraction of sp³-hybridized carbons (Fsp3) is 0.481. The van der Waals surface area contributed by atoms with Crippen molar-refractivity contribution in [3.63, 3.8) is 0 Å². The molecule has 226 valence electrons. The Kier molecular flexibility index (Phi) is 9.83. The number of nitriles is 1. The van der Waals surface area contributed by atoms with Gasteiger partial charge in [0.2, 0.25) is 5.60 Å². The standard InChI is InChI=1S/C27H35N6O8P/c1-4-18(5-2)13-38-26(36)17(3)32-42(37,41-19-9-7-6-8-10-19)39-14-21-23(34)24(35)27(15-28,40-21)22-12-11-20-25(29)30-16-31-33(20)22/h6-12,16-18,21,23-24,34-35H,4-5,13-14H2,1-3H3,(H,32,37)(H2,29,30,31)/t17?,21-,23-,24-,27+,42-/m1/s1. The molecule has 3 heterocycles. The van der Waals surface area contributed by atoms with Gasteiger partial charge in [0.25, 0.3) is 0 Å². The maximum atomic E-state index is 13.9. The van der Waals surface area contributed by atoms with E-state index in [1.807, 2.05) is 19.9 Å². The molecule has 3 aromatic rings. The molecule has 0 radical (unpaired) electrons. The van der Waals surface area contributed by atoms with E-state index in [-0.39, 0.29) is 29.8 Å². The van der Waals surface area contributed by atoms with Crippen LogP contribution in [0.15, 0.2) is 48.8 Å². The molecule has 14 nitrogen and oxygen atoms in total. The molecule has 1 aromatic carbocycles. The third kappa shape index (κ3) is 6.42. The summed E-state index contributed by atoms with van der Waals surface area (Å²) in [6.45, 7) is 5.08. The van der Waals surface area contributed by atoms with Crippen LogP contribution in [0.5, 0.6) is 5.75 Å². The molecule has 1 aliphatic heterocycles. The molecule has 1 saturated heterocycles. The summed E-state index contributed by atoms with van der Waals surface area (Å²) in [5.41, 5.74) is 4.28. The molecule has 1 aliphatic rings. The first-order chi connectivity index (χ1) is 20.1. The number of fused-ring (bicyclic) bond motifs is 1. The summed E-state index contributed by atoms with van der Waals surface area (Å²) in [5, 5.41) is 38.7. The summed E-state index contributed by atoms with van der Waals surface area (Å²) in [6.07, 6.45) is -1.87. The highest BCUT2D eigenvalue weighted by Crippen LogP contribution is 2.47. The normalized spacial score (nSPS) is 24.3. The number of carbonyl (C=O) groups is 1. The predicted octanol–water partition coefficient (Wildman–Crippen LogP) is 2.31. The number of nitrogen functional groups attached to an aromatic ring is 1. The van der Waals surface area contributed by atoms with Gasteiger partial charge in [0.15, 0.2) is 5.82 Å². The van der Waals surface area contributed by atoms with Crippen LogP contribution < -0.4 is 15.3 Å². The van der Waals surface area contributed by atoms with Crippen LogP contribution in [0.1, 0.15) is 39.3 Å². The first-order valence-corrected chi connectivity index (χ1v) is 15.1. The van der Waals surface area contributed by atoms with Crippen LogP contribution in [0.2, 0.25) is 0 Å². The summed E-state index contributed by atoms with van der Waals surface area (Å²) in [6, 6.07) is 12.0. The van der Waals surface area contributed by atoms with Crippen LogP contribution >= 0.6 is 7.75 Å². The molecule has 5 N–H and O–H groups in total. The van der Waals surface area contributed by atoms with E-state index >= 15 is 0 Å². The predicted molar refractivity (Wildman–Crippen MR) is 150 cm³/mol. The summed E-state index contributed by atoms with van der Waals surface area (Å²) in [4.78, 5) is 16.6. The Morgan fingerprint density at radius 2 is 1.98 bits per heavy atom. The van der Waals surface area contributed by atoms with Gasteiger partial charge in [0, 0.05) is 0 Å². The highest BCUT2D eigenvalue weighted by atomic mass is 31.2. The quantitative estimate of drug-likeness (QED) is 0.164. The number of para-hydroxylation sites is 1. The Morgan fingerprint density at radius 1 is 1.26 bits per heavy atom. The molecule has 42 heavy (non-hydrogen) atoms. The second-order valence-corrected chi connectivity index (χ2v) is 11.7. The van der Waals surface area contributed by atoms with Gasteiger partial charge in [-0.1, -0.05) is 44.9 Å². The molecule has 0 spiro atoms. The van der Waals surface area contributed by atoms with Gasteiger partial charge in [0.1, 0.15) is 48.0 Å². The van der Waals surface area contributed by atoms with E-state index in [9.17, 15) is 24.8 Å². The highest BCUT2D eigenvalue weighted by molar-refractivity contribution is 7.52. The van der Waals surface area contributed by atoms with Crippen molar-refractivity contribution in [3.05, 3.63) is 54.5 Å². The minimum Gasteiger partial charge on any atom is -0.464 e. The first kappa shape index (κ1) is 31.4. The SMILES string of the molecule is CCC(CC)COC(=O)C(C)N[P@@](=O)(OC[C@H]1O[C@@](C#N)(c2ccc3c(N)ncnn23)[C@H](O)[C@@H]1O)Oc1ccccc1. The number of benzene rings is 1. The molecule has 1 unspecified atom stereocenters. The lowest BCUT2D eigenvalue weighted by Crippen LogP contribution is -2.41. The molecule has 0 aliphatic carbocycles. The number of aliphatic hydroxyl groups is 2. The number of nitrogens with zero attached hydrogens (tertiary/aromatic N) is 4. The van der Waals surface area contributed by atoms with E-state index in [1.165, 1.54) is 23.8 Å². The molecule has 15 heteroatoms. The van der Waals surface area contributed by atoms with Crippen LogP contribution in [-0.2, 0) is 29.0 Å². The Morgan fingerprint density at radius 3 is 2.64 bits per heavy atom. The second-order valence-electron chi connectivity index (χ2n) is 9.96. The number of aliphatic hydroxyl groups excluding tert-OH is 2. The lowest BCUT2D eigenvalue weighted by Gasteiger charge is -2.25. The number of esters is 1. The van der Waals surface area contributed by atoms with E-state index < -0.39 is 50.3 Å². The number of hydrogen-bond donors (Lipinski definition) is 4. The van der Waals surface area contributed by atoms with Crippen LogP contribution in [-0.4, -0.2) is 68.3 Å². The third-order valence-electron chi connectivity index (χ3n) is 7.19. The molecule has 1 fully saturated rings. The monoisotopic (exact) mass is 602 g/mol. The first-order valence-electron chi connectivity index (χ1n) is 13.5. The van der Waals surface area contributed by atoms with Crippen LogP contribution in [0.25, 0.3) is 5.52 Å². The van der Waals surface area contributed by atoms with Gasteiger partial charge < -0.3 is 29.9 Å². The number of nitrogens with two attached hydrogens (primary N) is 1.